The summed E-state index contributed by atoms with van der Waals surface area (Å²) in [7, 11) is 0. The second-order valence-electron chi connectivity index (χ2n) is 6.13. The topological polar surface area (TPSA) is 95.2 Å². The number of rotatable bonds is 5. The number of aromatic nitrogens is 4. The van der Waals surface area contributed by atoms with Crippen molar-refractivity contribution in [2.45, 2.75) is 6.54 Å². The van der Waals surface area contributed by atoms with Gasteiger partial charge in [0.25, 0.3) is 5.89 Å². The molecule has 0 radical (unpaired) electrons. The van der Waals surface area contributed by atoms with Gasteiger partial charge in [0.1, 0.15) is 5.82 Å². The van der Waals surface area contributed by atoms with Gasteiger partial charge in [0, 0.05) is 12.1 Å². The molecule has 2 aromatic heterocycles. The van der Waals surface area contributed by atoms with Gasteiger partial charge in [-0.1, -0.05) is 41.6 Å². The van der Waals surface area contributed by atoms with Gasteiger partial charge in [0.15, 0.2) is 17.2 Å². The smallest absolute Gasteiger partial charge is 0.278 e. The molecule has 0 saturated carbocycles. The fourth-order valence-electron chi connectivity index (χ4n) is 2.82. The first-order valence-electron chi connectivity index (χ1n) is 8.71. The Morgan fingerprint density at radius 2 is 1.79 bits per heavy atom. The first-order valence-corrected chi connectivity index (χ1v) is 8.71. The summed E-state index contributed by atoms with van der Waals surface area (Å²) in [5.41, 5.74) is 2.45. The zero-order valence-corrected chi connectivity index (χ0v) is 14.7. The molecule has 1 N–H and O–H groups in total. The largest absolute Gasteiger partial charge is 0.454 e. The normalized spacial score (nSPS) is 12.1. The summed E-state index contributed by atoms with van der Waals surface area (Å²) in [5, 5.41) is 15.6. The Balaban J connectivity index is 1.26. The third kappa shape index (κ3) is 3.23. The molecule has 0 spiro atoms. The van der Waals surface area contributed by atoms with Crippen LogP contribution < -0.4 is 14.8 Å². The summed E-state index contributed by atoms with van der Waals surface area (Å²) in [6, 6.07) is 19.1. The average Bonchev–Trinajstić information content (AvgIpc) is 3.43. The van der Waals surface area contributed by atoms with Gasteiger partial charge in [-0.15, -0.1) is 10.2 Å². The summed E-state index contributed by atoms with van der Waals surface area (Å²) in [6.45, 7) is 0.851. The fraction of sp³-hybridized carbons (Fsp3) is 0.100. The highest BCUT2D eigenvalue weighted by molar-refractivity contribution is 5.57. The van der Waals surface area contributed by atoms with Crippen molar-refractivity contribution in [1.82, 2.24) is 20.3 Å². The molecular formula is C20H15N5O3. The van der Waals surface area contributed by atoms with Crippen molar-refractivity contribution >= 4 is 5.82 Å². The Morgan fingerprint density at radius 3 is 2.64 bits per heavy atom. The number of hydrogen-bond acceptors (Lipinski definition) is 8. The van der Waals surface area contributed by atoms with Crippen molar-refractivity contribution in [3.8, 4) is 34.5 Å². The van der Waals surface area contributed by atoms with Gasteiger partial charge in [-0.2, -0.15) is 4.98 Å². The van der Waals surface area contributed by atoms with Crippen LogP contribution in [0.5, 0.6) is 11.5 Å². The number of hydrogen-bond donors (Lipinski definition) is 1. The number of fused-ring (bicyclic) bond motifs is 1. The SMILES string of the molecule is c1ccc(-c2noc(-c3ccc(NCc4ccc5c(c4)OCO5)nn3)n2)cc1. The number of anilines is 1. The van der Waals surface area contributed by atoms with E-state index in [0.717, 1.165) is 22.6 Å². The van der Waals surface area contributed by atoms with Crippen LogP contribution >= 0.6 is 0 Å². The minimum Gasteiger partial charge on any atom is -0.454 e. The van der Waals surface area contributed by atoms with Gasteiger partial charge >= 0.3 is 0 Å². The predicted molar refractivity (Wildman–Crippen MR) is 101 cm³/mol. The standard InChI is InChI=1S/C20H15N5O3/c1-2-4-14(5-3-1)19-22-20(28-25-19)15-7-9-18(24-23-15)21-11-13-6-8-16-17(10-13)27-12-26-16/h1-10H,11-12H2,(H,21,24). The molecular weight excluding hydrogens is 358 g/mol. The lowest BCUT2D eigenvalue weighted by atomic mass is 10.2. The van der Waals surface area contributed by atoms with Crippen LogP contribution in [0, 0.1) is 0 Å². The maximum Gasteiger partial charge on any atom is 0.278 e. The molecule has 5 rings (SSSR count). The van der Waals surface area contributed by atoms with E-state index in [9.17, 15) is 0 Å². The van der Waals surface area contributed by atoms with Crippen LogP contribution in [0.3, 0.4) is 0 Å². The van der Waals surface area contributed by atoms with Crippen molar-refractivity contribution in [3.05, 3.63) is 66.2 Å². The van der Waals surface area contributed by atoms with Crippen LogP contribution in [0.2, 0.25) is 0 Å². The highest BCUT2D eigenvalue weighted by Crippen LogP contribution is 2.32. The molecule has 8 heteroatoms. The fourth-order valence-corrected chi connectivity index (χ4v) is 2.82. The Kier molecular flexibility index (Phi) is 4.06. The molecule has 138 valence electrons. The third-order valence-electron chi connectivity index (χ3n) is 4.25. The number of ether oxygens (including phenoxy) is 2. The molecule has 0 atom stereocenters. The Bertz CT molecular complexity index is 1100. The highest BCUT2D eigenvalue weighted by atomic mass is 16.7. The van der Waals surface area contributed by atoms with Crippen molar-refractivity contribution in [1.29, 1.82) is 0 Å². The van der Waals surface area contributed by atoms with Crippen molar-refractivity contribution in [2.24, 2.45) is 0 Å². The van der Waals surface area contributed by atoms with Crippen molar-refractivity contribution in [3.63, 3.8) is 0 Å². The van der Waals surface area contributed by atoms with Crippen molar-refractivity contribution in [2.75, 3.05) is 12.1 Å². The average molecular weight is 373 g/mol. The predicted octanol–water partition coefficient (Wildman–Crippen LogP) is 3.53. The van der Waals surface area contributed by atoms with Crippen LogP contribution in [0.15, 0.2) is 65.2 Å². The van der Waals surface area contributed by atoms with E-state index in [-0.39, 0.29) is 6.79 Å². The number of nitrogens with zero attached hydrogens (tertiary/aromatic N) is 4. The lowest BCUT2D eigenvalue weighted by Crippen LogP contribution is -2.02. The van der Waals surface area contributed by atoms with Crippen LogP contribution in [-0.2, 0) is 6.54 Å². The summed E-state index contributed by atoms with van der Waals surface area (Å²) in [4.78, 5) is 4.38. The van der Waals surface area contributed by atoms with Gasteiger partial charge in [-0.25, -0.2) is 0 Å². The summed E-state index contributed by atoms with van der Waals surface area (Å²) in [5.74, 6) is 3.01. The minimum absolute atomic E-state index is 0.265. The Hall–Kier alpha value is -3.94. The maximum atomic E-state index is 5.39. The van der Waals surface area contributed by atoms with Gasteiger partial charge in [0.05, 0.1) is 0 Å². The van der Waals surface area contributed by atoms with Gasteiger partial charge < -0.3 is 19.3 Å². The first kappa shape index (κ1) is 16.2. The van der Waals surface area contributed by atoms with Crippen LogP contribution in [0.4, 0.5) is 5.82 Å². The van der Waals surface area contributed by atoms with Crippen LogP contribution in [0.25, 0.3) is 23.0 Å². The lowest BCUT2D eigenvalue weighted by Gasteiger charge is -2.06. The Labute approximate surface area is 160 Å². The monoisotopic (exact) mass is 373 g/mol. The minimum atomic E-state index is 0.265. The molecule has 1 aliphatic heterocycles. The van der Waals surface area contributed by atoms with E-state index in [1.165, 1.54) is 0 Å². The molecule has 8 nitrogen and oxygen atoms in total. The quantitative estimate of drug-likeness (QED) is 0.568. The zero-order valence-electron chi connectivity index (χ0n) is 14.7. The van der Waals surface area contributed by atoms with Gasteiger partial charge in [-0.05, 0) is 29.8 Å². The highest BCUT2D eigenvalue weighted by Gasteiger charge is 2.14. The third-order valence-corrected chi connectivity index (χ3v) is 4.25. The van der Waals surface area contributed by atoms with Crippen LogP contribution in [-0.4, -0.2) is 27.1 Å². The molecule has 1 aliphatic rings. The molecule has 0 unspecified atom stereocenters. The van der Waals surface area contributed by atoms with Gasteiger partial charge in [0.2, 0.25) is 12.6 Å². The lowest BCUT2D eigenvalue weighted by molar-refractivity contribution is 0.174. The van der Waals surface area contributed by atoms with E-state index in [2.05, 4.69) is 25.7 Å². The van der Waals surface area contributed by atoms with Crippen molar-refractivity contribution < 1.29 is 14.0 Å². The van der Waals surface area contributed by atoms with E-state index in [1.54, 1.807) is 6.07 Å². The van der Waals surface area contributed by atoms with E-state index < -0.39 is 0 Å². The second-order valence-corrected chi connectivity index (χ2v) is 6.13. The molecule has 0 amide bonds. The molecule has 3 heterocycles. The molecule has 28 heavy (non-hydrogen) atoms. The van der Waals surface area contributed by atoms with Crippen LogP contribution in [0.1, 0.15) is 5.56 Å². The number of nitrogens with one attached hydrogen (secondary N) is 1. The summed E-state index contributed by atoms with van der Waals surface area (Å²) < 4.78 is 16.0. The molecule has 0 aliphatic carbocycles. The second kappa shape index (κ2) is 6.99. The van der Waals surface area contributed by atoms with Gasteiger partial charge in [-0.3, -0.25) is 0 Å². The van der Waals surface area contributed by atoms with E-state index in [1.807, 2.05) is 54.6 Å². The summed E-state index contributed by atoms with van der Waals surface area (Å²) in [6.07, 6.45) is 0. The summed E-state index contributed by atoms with van der Waals surface area (Å²) >= 11 is 0. The maximum absolute atomic E-state index is 5.39. The molecule has 0 bridgehead atoms. The van der Waals surface area contributed by atoms with E-state index in [4.69, 9.17) is 14.0 Å². The van der Waals surface area contributed by atoms with E-state index in [0.29, 0.717) is 29.8 Å². The first-order chi connectivity index (χ1) is 13.8. The zero-order chi connectivity index (χ0) is 18.8. The molecule has 0 fully saturated rings. The van der Waals surface area contributed by atoms with E-state index >= 15 is 0 Å². The molecule has 0 saturated heterocycles. The molecule has 4 aromatic rings. The number of benzene rings is 2. The molecule has 2 aromatic carbocycles. The Morgan fingerprint density at radius 1 is 0.893 bits per heavy atom.